The van der Waals surface area contributed by atoms with Crippen molar-refractivity contribution in [3.8, 4) is 0 Å². The van der Waals surface area contributed by atoms with Gasteiger partial charge >= 0.3 is 0 Å². The molecule has 92 valence electrons. The van der Waals surface area contributed by atoms with Gasteiger partial charge in [0.05, 0.1) is 11.0 Å². The summed E-state index contributed by atoms with van der Waals surface area (Å²) in [5.41, 5.74) is 2.29. The maximum Gasteiger partial charge on any atom is 0.109 e. The molecule has 1 aromatic carbocycles. The van der Waals surface area contributed by atoms with Crippen LogP contribution in [0, 0.1) is 0 Å². The fourth-order valence-corrected chi connectivity index (χ4v) is 2.52. The van der Waals surface area contributed by atoms with Gasteiger partial charge in [0.25, 0.3) is 0 Å². The predicted octanol–water partition coefficient (Wildman–Crippen LogP) is 4.38. The first-order chi connectivity index (χ1) is 8.26. The molecule has 0 aliphatic rings. The van der Waals surface area contributed by atoms with E-state index >= 15 is 0 Å². The molecule has 2 nitrogen and oxygen atoms in total. The number of rotatable bonds is 5. The Balaban J connectivity index is 2.45. The highest BCUT2D eigenvalue weighted by Crippen LogP contribution is 2.22. The second-order valence-corrected chi connectivity index (χ2v) is 5.40. The quantitative estimate of drug-likeness (QED) is 0.749. The SMILES string of the molecule is CCCn1c(CCCCl)nc2cc(Br)ccc21. The lowest BCUT2D eigenvalue weighted by Crippen LogP contribution is -2.03. The van der Waals surface area contributed by atoms with Crippen molar-refractivity contribution in [2.45, 2.75) is 32.7 Å². The Morgan fingerprint density at radius 1 is 1.41 bits per heavy atom. The Bertz CT molecular complexity index is 507. The van der Waals surface area contributed by atoms with Crippen LogP contribution in [0.2, 0.25) is 0 Å². The smallest absolute Gasteiger partial charge is 0.109 e. The van der Waals surface area contributed by atoms with E-state index in [1.165, 1.54) is 5.52 Å². The minimum Gasteiger partial charge on any atom is -0.328 e. The molecule has 0 amide bonds. The van der Waals surface area contributed by atoms with Crippen molar-refractivity contribution in [3.05, 3.63) is 28.5 Å². The van der Waals surface area contributed by atoms with Gasteiger partial charge in [-0.25, -0.2) is 4.98 Å². The summed E-state index contributed by atoms with van der Waals surface area (Å²) < 4.78 is 3.39. The van der Waals surface area contributed by atoms with E-state index < -0.39 is 0 Å². The van der Waals surface area contributed by atoms with Crippen LogP contribution in [0.5, 0.6) is 0 Å². The van der Waals surface area contributed by atoms with Crippen LogP contribution < -0.4 is 0 Å². The van der Waals surface area contributed by atoms with Crippen molar-refractivity contribution < 1.29 is 0 Å². The molecule has 0 saturated heterocycles. The molecule has 0 atom stereocenters. The first-order valence-electron chi connectivity index (χ1n) is 5.97. The van der Waals surface area contributed by atoms with Crippen molar-refractivity contribution in [1.29, 1.82) is 0 Å². The number of imidazole rings is 1. The lowest BCUT2D eigenvalue weighted by atomic mass is 10.3. The molecule has 2 aromatic rings. The van der Waals surface area contributed by atoms with Gasteiger partial charge in [-0.2, -0.15) is 0 Å². The van der Waals surface area contributed by atoms with Gasteiger partial charge in [-0.3, -0.25) is 0 Å². The molecule has 2 rings (SSSR count). The van der Waals surface area contributed by atoms with E-state index in [-0.39, 0.29) is 0 Å². The Morgan fingerprint density at radius 3 is 2.94 bits per heavy atom. The van der Waals surface area contributed by atoms with Crippen molar-refractivity contribution >= 4 is 38.6 Å². The van der Waals surface area contributed by atoms with Crippen LogP contribution >= 0.6 is 27.5 Å². The van der Waals surface area contributed by atoms with Crippen LogP contribution in [-0.4, -0.2) is 15.4 Å². The van der Waals surface area contributed by atoms with Crippen molar-refractivity contribution in [2.24, 2.45) is 0 Å². The first kappa shape index (κ1) is 12.9. The highest BCUT2D eigenvalue weighted by Gasteiger charge is 2.09. The summed E-state index contributed by atoms with van der Waals surface area (Å²) >= 11 is 9.25. The molecule has 0 unspecified atom stereocenters. The number of hydrogen-bond donors (Lipinski definition) is 0. The summed E-state index contributed by atoms with van der Waals surface area (Å²) in [6.45, 7) is 3.21. The molecule has 0 radical (unpaired) electrons. The van der Waals surface area contributed by atoms with Crippen molar-refractivity contribution in [2.75, 3.05) is 5.88 Å². The number of fused-ring (bicyclic) bond motifs is 1. The molecular formula is C13H16BrClN2. The molecule has 0 N–H and O–H groups in total. The second-order valence-electron chi connectivity index (χ2n) is 4.11. The number of halogens is 2. The largest absolute Gasteiger partial charge is 0.328 e. The van der Waals surface area contributed by atoms with Gasteiger partial charge in [0.15, 0.2) is 0 Å². The number of aromatic nitrogens is 2. The maximum absolute atomic E-state index is 5.76. The van der Waals surface area contributed by atoms with E-state index in [9.17, 15) is 0 Å². The van der Waals surface area contributed by atoms with Crippen molar-refractivity contribution in [1.82, 2.24) is 9.55 Å². The fraction of sp³-hybridized carbons (Fsp3) is 0.462. The summed E-state index contributed by atoms with van der Waals surface area (Å²) in [5, 5.41) is 0. The monoisotopic (exact) mass is 314 g/mol. The predicted molar refractivity (Wildman–Crippen MR) is 76.8 cm³/mol. The third-order valence-corrected chi connectivity index (χ3v) is 3.53. The molecule has 0 fully saturated rings. The van der Waals surface area contributed by atoms with E-state index in [2.05, 4.69) is 45.6 Å². The molecule has 4 heteroatoms. The molecule has 0 bridgehead atoms. The number of hydrogen-bond acceptors (Lipinski definition) is 1. The van der Waals surface area contributed by atoms with Gasteiger partial charge < -0.3 is 4.57 Å². The molecule has 0 aliphatic carbocycles. The minimum absolute atomic E-state index is 0.693. The average molecular weight is 316 g/mol. The Labute approximate surface area is 115 Å². The summed E-state index contributed by atoms with van der Waals surface area (Å²) in [4.78, 5) is 4.70. The molecule has 1 aromatic heterocycles. The first-order valence-corrected chi connectivity index (χ1v) is 7.29. The van der Waals surface area contributed by atoms with E-state index in [0.29, 0.717) is 5.88 Å². The average Bonchev–Trinajstić information content (AvgIpc) is 2.64. The van der Waals surface area contributed by atoms with Gasteiger partial charge in [0, 0.05) is 23.3 Å². The fourth-order valence-electron chi connectivity index (χ4n) is 2.04. The highest BCUT2D eigenvalue weighted by atomic mass is 79.9. The third-order valence-electron chi connectivity index (χ3n) is 2.77. The topological polar surface area (TPSA) is 17.8 Å². The van der Waals surface area contributed by atoms with Crippen LogP contribution in [0.1, 0.15) is 25.6 Å². The lowest BCUT2D eigenvalue weighted by molar-refractivity contribution is 0.647. The van der Waals surface area contributed by atoms with Crippen LogP contribution in [-0.2, 0) is 13.0 Å². The van der Waals surface area contributed by atoms with Crippen molar-refractivity contribution in [3.63, 3.8) is 0 Å². The zero-order valence-corrected chi connectivity index (χ0v) is 12.3. The normalized spacial score (nSPS) is 11.2. The Kier molecular flexibility index (Phi) is 4.46. The maximum atomic E-state index is 5.76. The number of aryl methyl sites for hydroxylation is 2. The van der Waals surface area contributed by atoms with E-state index in [1.807, 2.05) is 0 Å². The van der Waals surface area contributed by atoms with Crippen LogP contribution in [0.3, 0.4) is 0 Å². The molecular weight excluding hydrogens is 300 g/mol. The van der Waals surface area contributed by atoms with E-state index in [4.69, 9.17) is 16.6 Å². The summed E-state index contributed by atoms with van der Waals surface area (Å²) in [6.07, 6.45) is 3.06. The van der Waals surface area contributed by atoms with Crippen LogP contribution in [0.15, 0.2) is 22.7 Å². The molecule has 0 aliphatic heterocycles. The molecule has 17 heavy (non-hydrogen) atoms. The zero-order valence-electron chi connectivity index (χ0n) is 9.92. The molecule has 0 saturated carbocycles. The second kappa shape index (κ2) is 5.87. The van der Waals surface area contributed by atoms with Gasteiger partial charge in [-0.15, -0.1) is 11.6 Å². The number of nitrogens with zero attached hydrogens (tertiary/aromatic N) is 2. The van der Waals surface area contributed by atoms with Gasteiger partial charge in [0.2, 0.25) is 0 Å². The van der Waals surface area contributed by atoms with Crippen LogP contribution in [0.4, 0.5) is 0 Å². The summed E-state index contributed by atoms with van der Waals surface area (Å²) in [5.74, 6) is 1.85. The third kappa shape index (κ3) is 2.83. The standard InChI is InChI=1S/C13H16BrClN2/c1-2-8-17-12-6-5-10(14)9-11(12)16-13(17)4-3-7-15/h5-6,9H,2-4,7-8H2,1H3. The molecule has 1 heterocycles. The summed E-state index contributed by atoms with van der Waals surface area (Å²) in [7, 11) is 0. The van der Waals surface area contributed by atoms with Gasteiger partial charge in [-0.1, -0.05) is 22.9 Å². The van der Waals surface area contributed by atoms with E-state index in [0.717, 1.165) is 41.6 Å². The minimum atomic E-state index is 0.693. The molecule has 0 spiro atoms. The van der Waals surface area contributed by atoms with E-state index in [1.54, 1.807) is 0 Å². The van der Waals surface area contributed by atoms with Crippen LogP contribution in [0.25, 0.3) is 11.0 Å². The number of benzene rings is 1. The Hall–Kier alpha value is -0.540. The summed E-state index contributed by atoms with van der Waals surface area (Å²) in [6, 6.07) is 6.28. The highest BCUT2D eigenvalue weighted by molar-refractivity contribution is 9.10. The Morgan fingerprint density at radius 2 is 2.24 bits per heavy atom. The van der Waals surface area contributed by atoms with Gasteiger partial charge in [0.1, 0.15) is 5.82 Å². The zero-order chi connectivity index (χ0) is 12.3. The lowest BCUT2D eigenvalue weighted by Gasteiger charge is -2.06. The van der Waals surface area contributed by atoms with Gasteiger partial charge in [-0.05, 0) is 31.0 Å². The number of alkyl halides is 1.